The van der Waals surface area contributed by atoms with Gasteiger partial charge in [0.25, 0.3) is 0 Å². The quantitative estimate of drug-likeness (QED) is 0.686. The molecule has 0 bridgehead atoms. The Bertz CT molecular complexity index is 508. The Labute approximate surface area is 91.5 Å². The van der Waals surface area contributed by atoms with Crippen LogP contribution in [0.15, 0.2) is 30.3 Å². The predicted octanol–water partition coefficient (Wildman–Crippen LogP) is 4.24. The Balaban J connectivity index is 2.78. The van der Waals surface area contributed by atoms with Crippen molar-refractivity contribution in [3.05, 3.63) is 36.0 Å². The van der Waals surface area contributed by atoms with Gasteiger partial charge in [-0.3, -0.25) is 0 Å². The van der Waals surface area contributed by atoms with Crippen LogP contribution in [0.5, 0.6) is 0 Å². The van der Waals surface area contributed by atoms with Crippen LogP contribution in [-0.2, 0) is 6.18 Å². The third-order valence-electron chi connectivity index (χ3n) is 2.55. The molecule has 0 spiro atoms. The molecule has 2 aromatic rings. The predicted molar refractivity (Wildman–Crippen MR) is 57.3 cm³/mol. The molecule has 0 atom stereocenters. The summed E-state index contributed by atoms with van der Waals surface area (Å²) in [6.45, 7) is 3.50. The van der Waals surface area contributed by atoms with Gasteiger partial charge in [-0.2, -0.15) is 13.2 Å². The number of aromatic nitrogens is 1. The van der Waals surface area contributed by atoms with E-state index in [1.54, 1.807) is 38.1 Å². The van der Waals surface area contributed by atoms with Crippen molar-refractivity contribution in [1.82, 2.24) is 4.57 Å². The van der Waals surface area contributed by atoms with Crippen LogP contribution in [0.3, 0.4) is 0 Å². The molecule has 0 saturated carbocycles. The zero-order chi connectivity index (χ0) is 11.9. The fourth-order valence-corrected chi connectivity index (χ4v) is 1.95. The Morgan fingerprint density at radius 1 is 1.12 bits per heavy atom. The molecule has 0 unspecified atom stereocenters. The third-order valence-corrected chi connectivity index (χ3v) is 2.55. The highest BCUT2D eigenvalue weighted by Crippen LogP contribution is 2.35. The molecule has 0 aliphatic heterocycles. The van der Waals surface area contributed by atoms with Gasteiger partial charge in [0.15, 0.2) is 0 Å². The van der Waals surface area contributed by atoms with E-state index in [0.29, 0.717) is 10.9 Å². The minimum atomic E-state index is -4.30. The van der Waals surface area contributed by atoms with Gasteiger partial charge in [-0.05, 0) is 26.0 Å². The lowest BCUT2D eigenvalue weighted by Crippen LogP contribution is -2.14. The topological polar surface area (TPSA) is 4.93 Å². The monoisotopic (exact) mass is 227 g/mol. The number of para-hydroxylation sites is 1. The number of hydrogen-bond acceptors (Lipinski definition) is 0. The second-order valence-electron chi connectivity index (χ2n) is 4.05. The zero-order valence-electron chi connectivity index (χ0n) is 9.05. The van der Waals surface area contributed by atoms with Crippen molar-refractivity contribution in [1.29, 1.82) is 0 Å². The molecule has 0 N–H and O–H groups in total. The van der Waals surface area contributed by atoms with Crippen molar-refractivity contribution in [2.24, 2.45) is 0 Å². The van der Waals surface area contributed by atoms with E-state index in [1.807, 2.05) is 0 Å². The molecule has 1 aromatic carbocycles. The van der Waals surface area contributed by atoms with E-state index >= 15 is 0 Å². The number of hydrogen-bond donors (Lipinski definition) is 0. The van der Waals surface area contributed by atoms with E-state index in [2.05, 4.69) is 0 Å². The van der Waals surface area contributed by atoms with Gasteiger partial charge < -0.3 is 4.57 Å². The van der Waals surface area contributed by atoms with Crippen molar-refractivity contribution in [3.63, 3.8) is 0 Å². The van der Waals surface area contributed by atoms with Crippen LogP contribution < -0.4 is 0 Å². The van der Waals surface area contributed by atoms with Crippen LogP contribution in [0, 0.1) is 0 Å². The summed E-state index contributed by atoms with van der Waals surface area (Å²) in [5.74, 6) is 0. The van der Waals surface area contributed by atoms with Crippen molar-refractivity contribution >= 4 is 10.9 Å². The summed E-state index contributed by atoms with van der Waals surface area (Å²) < 4.78 is 39.8. The zero-order valence-corrected chi connectivity index (χ0v) is 9.05. The molecule has 0 fully saturated rings. The fourth-order valence-electron chi connectivity index (χ4n) is 1.95. The largest absolute Gasteiger partial charge is 0.431 e. The van der Waals surface area contributed by atoms with Crippen molar-refractivity contribution in [3.8, 4) is 0 Å². The summed E-state index contributed by atoms with van der Waals surface area (Å²) in [4.78, 5) is 0. The first-order valence-electron chi connectivity index (χ1n) is 5.08. The molecule has 0 aliphatic rings. The van der Waals surface area contributed by atoms with Crippen LogP contribution in [0.2, 0.25) is 0 Å². The highest BCUT2D eigenvalue weighted by Gasteiger charge is 2.35. The third kappa shape index (κ3) is 1.68. The maximum absolute atomic E-state index is 12.8. The number of halogens is 3. The van der Waals surface area contributed by atoms with Gasteiger partial charge in [-0.25, -0.2) is 0 Å². The molecule has 16 heavy (non-hydrogen) atoms. The highest BCUT2D eigenvalue weighted by molar-refractivity contribution is 5.81. The SMILES string of the molecule is CC(C)n1c(C(F)(F)F)cc2ccccc21. The summed E-state index contributed by atoms with van der Waals surface area (Å²) in [5, 5.41) is 0.628. The number of rotatable bonds is 1. The van der Waals surface area contributed by atoms with Gasteiger partial charge >= 0.3 is 6.18 Å². The van der Waals surface area contributed by atoms with Gasteiger partial charge in [-0.1, -0.05) is 18.2 Å². The van der Waals surface area contributed by atoms with Crippen LogP contribution in [0.1, 0.15) is 25.6 Å². The van der Waals surface area contributed by atoms with E-state index in [0.717, 1.165) is 0 Å². The Morgan fingerprint density at radius 2 is 1.75 bits per heavy atom. The van der Waals surface area contributed by atoms with Gasteiger partial charge in [0, 0.05) is 16.9 Å². The maximum Gasteiger partial charge on any atom is 0.431 e. The Morgan fingerprint density at radius 3 is 2.31 bits per heavy atom. The molecule has 1 nitrogen and oxygen atoms in total. The molecular formula is C12H12F3N. The molecular weight excluding hydrogens is 215 g/mol. The average Bonchev–Trinajstić information content (AvgIpc) is 2.55. The van der Waals surface area contributed by atoms with Crippen LogP contribution in [0.25, 0.3) is 10.9 Å². The molecule has 1 heterocycles. The fraction of sp³-hybridized carbons (Fsp3) is 0.333. The summed E-state index contributed by atoms with van der Waals surface area (Å²) in [6.07, 6.45) is -4.30. The highest BCUT2D eigenvalue weighted by atomic mass is 19.4. The Kier molecular flexibility index (Phi) is 2.45. The average molecular weight is 227 g/mol. The maximum atomic E-state index is 12.8. The van der Waals surface area contributed by atoms with Gasteiger partial charge in [0.05, 0.1) is 0 Å². The lowest BCUT2D eigenvalue weighted by molar-refractivity contribution is -0.143. The second-order valence-corrected chi connectivity index (χ2v) is 4.05. The summed E-state index contributed by atoms with van der Waals surface area (Å²) in [5.41, 5.74) is 0.0496. The van der Waals surface area contributed by atoms with Crippen molar-refractivity contribution in [2.75, 3.05) is 0 Å². The molecule has 0 radical (unpaired) electrons. The number of nitrogens with zero attached hydrogens (tertiary/aromatic N) is 1. The first-order chi connectivity index (χ1) is 7.41. The van der Waals surface area contributed by atoms with Gasteiger partial charge in [0.1, 0.15) is 5.69 Å². The molecule has 0 saturated heterocycles. The summed E-state index contributed by atoms with van der Waals surface area (Å²) >= 11 is 0. The van der Waals surface area contributed by atoms with E-state index in [-0.39, 0.29) is 6.04 Å². The lowest BCUT2D eigenvalue weighted by atomic mass is 10.2. The van der Waals surface area contributed by atoms with E-state index < -0.39 is 11.9 Å². The van der Waals surface area contributed by atoms with E-state index in [9.17, 15) is 13.2 Å². The molecule has 4 heteroatoms. The van der Waals surface area contributed by atoms with Crippen molar-refractivity contribution < 1.29 is 13.2 Å². The summed E-state index contributed by atoms with van der Waals surface area (Å²) in [6, 6.07) is 7.90. The second kappa shape index (κ2) is 3.54. The van der Waals surface area contributed by atoms with Crippen LogP contribution in [0.4, 0.5) is 13.2 Å². The normalized spacial score (nSPS) is 12.6. The molecule has 0 aliphatic carbocycles. The smallest absolute Gasteiger partial charge is 0.334 e. The molecule has 86 valence electrons. The van der Waals surface area contributed by atoms with Gasteiger partial charge in [0.2, 0.25) is 0 Å². The van der Waals surface area contributed by atoms with E-state index in [1.165, 1.54) is 10.6 Å². The first-order valence-corrected chi connectivity index (χ1v) is 5.08. The van der Waals surface area contributed by atoms with Crippen LogP contribution >= 0.6 is 0 Å². The molecule has 0 amide bonds. The molecule has 1 aromatic heterocycles. The van der Waals surface area contributed by atoms with Crippen molar-refractivity contribution in [2.45, 2.75) is 26.1 Å². The number of alkyl halides is 3. The van der Waals surface area contributed by atoms with Gasteiger partial charge in [-0.15, -0.1) is 0 Å². The Hall–Kier alpha value is -1.45. The minimum absolute atomic E-state index is 0.212. The van der Waals surface area contributed by atoms with E-state index in [4.69, 9.17) is 0 Å². The first kappa shape index (κ1) is 11.0. The number of benzene rings is 1. The number of fused-ring (bicyclic) bond motifs is 1. The minimum Gasteiger partial charge on any atom is -0.334 e. The molecule has 2 rings (SSSR count). The standard InChI is InChI=1S/C12H12F3N/c1-8(2)16-10-6-4-3-5-9(10)7-11(16)12(13,14)15/h3-8H,1-2H3. The van der Waals surface area contributed by atoms with Crippen LogP contribution in [-0.4, -0.2) is 4.57 Å². The lowest BCUT2D eigenvalue weighted by Gasteiger charge is -2.16. The summed E-state index contributed by atoms with van der Waals surface area (Å²) in [7, 11) is 0.